The largest absolute Gasteiger partial charge is 0.493 e. The number of rotatable bonds is 7. The van der Waals surface area contributed by atoms with Crippen LogP contribution >= 0.6 is 34.5 Å². The van der Waals surface area contributed by atoms with Gasteiger partial charge < -0.3 is 13.9 Å². The molecule has 5 aromatic rings. The Morgan fingerprint density at radius 2 is 1.80 bits per heavy atom. The molecule has 228 valence electrons. The average Bonchev–Trinajstić information content (AvgIpc) is 3.61. The van der Waals surface area contributed by atoms with Crippen LogP contribution in [-0.2, 0) is 0 Å². The highest BCUT2D eigenvalue weighted by molar-refractivity contribution is 7.07. The summed E-state index contributed by atoms with van der Waals surface area (Å²) < 4.78 is 33.3. The van der Waals surface area contributed by atoms with Gasteiger partial charge >= 0.3 is 0 Å². The van der Waals surface area contributed by atoms with Crippen molar-refractivity contribution in [1.29, 1.82) is 0 Å². The molecule has 3 heterocycles. The lowest BCUT2D eigenvalue weighted by Gasteiger charge is -2.21. The van der Waals surface area contributed by atoms with Crippen LogP contribution in [-0.4, -0.2) is 23.7 Å². The monoisotopic (exact) mass is 665 g/mol. The van der Waals surface area contributed by atoms with Crippen LogP contribution in [0.2, 0.25) is 10.0 Å². The molecule has 0 N–H and O–H groups in total. The summed E-state index contributed by atoms with van der Waals surface area (Å²) in [5, 5.41) is 11.2. The highest BCUT2D eigenvalue weighted by Crippen LogP contribution is 2.36. The number of allylic oxidation sites excluding steroid dienone is 1. The third-order valence-corrected chi connectivity index (χ3v) is 8.85. The van der Waals surface area contributed by atoms with Crippen LogP contribution in [0.15, 0.2) is 80.9 Å². The number of nitrogens with zero attached hydrogens (tertiary/aromatic N) is 3. The Kier molecular flexibility index (Phi) is 8.08. The number of non-ortho nitro benzene ring substituents is 1. The van der Waals surface area contributed by atoms with Crippen molar-refractivity contribution in [3.05, 3.63) is 135 Å². The van der Waals surface area contributed by atoms with Crippen molar-refractivity contribution in [1.82, 2.24) is 4.57 Å². The molecular formula is C32H22Cl2FN3O6S. The van der Waals surface area contributed by atoms with E-state index in [0.717, 1.165) is 11.3 Å². The number of aryl methyl sites for hydroxylation is 1. The Morgan fingerprint density at radius 3 is 2.51 bits per heavy atom. The molecule has 3 aromatic carbocycles. The van der Waals surface area contributed by atoms with Gasteiger partial charge in [-0.1, -0.05) is 40.6 Å². The third kappa shape index (κ3) is 5.66. The quantitative estimate of drug-likeness (QED) is 0.106. The third-order valence-electron chi connectivity index (χ3n) is 7.27. The van der Waals surface area contributed by atoms with E-state index in [1.54, 1.807) is 55.5 Å². The van der Waals surface area contributed by atoms with Gasteiger partial charge in [-0.15, -0.1) is 0 Å². The Bertz CT molecular complexity index is 2220. The fourth-order valence-corrected chi connectivity index (χ4v) is 6.54. The van der Waals surface area contributed by atoms with E-state index in [-0.39, 0.29) is 21.3 Å². The van der Waals surface area contributed by atoms with Crippen LogP contribution in [0.25, 0.3) is 23.1 Å². The number of furan rings is 1. The second-order valence-corrected chi connectivity index (χ2v) is 11.8. The first kappa shape index (κ1) is 30.3. The van der Waals surface area contributed by atoms with Gasteiger partial charge in [0.05, 0.1) is 45.5 Å². The first-order valence-corrected chi connectivity index (χ1v) is 14.9. The van der Waals surface area contributed by atoms with Crippen LogP contribution in [0.5, 0.6) is 11.5 Å². The highest BCUT2D eigenvalue weighted by atomic mass is 35.5. The van der Waals surface area contributed by atoms with E-state index in [4.69, 9.17) is 42.1 Å². The number of hydrogen-bond acceptors (Lipinski definition) is 8. The summed E-state index contributed by atoms with van der Waals surface area (Å²) in [5.41, 5.74) is 2.37. The molecule has 0 spiro atoms. The summed E-state index contributed by atoms with van der Waals surface area (Å²) in [4.78, 5) is 29.6. The maximum absolute atomic E-state index is 14.5. The van der Waals surface area contributed by atoms with Crippen LogP contribution in [0, 0.1) is 22.9 Å². The van der Waals surface area contributed by atoms with Gasteiger partial charge in [-0.2, -0.15) is 0 Å². The molecule has 1 aliphatic rings. The van der Waals surface area contributed by atoms with E-state index >= 15 is 0 Å². The van der Waals surface area contributed by atoms with Gasteiger partial charge in [0.25, 0.3) is 11.2 Å². The van der Waals surface area contributed by atoms with Crippen LogP contribution < -0.4 is 24.4 Å². The number of nitro benzene ring substituents is 1. The van der Waals surface area contributed by atoms with Gasteiger partial charge in [0.15, 0.2) is 16.3 Å². The molecule has 13 heteroatoms. The van der Waals surface area contributed by atoms with E-state index in [0.29, 0.717) is 60.3 Å². The van der Waals surface area contributed by atoms with Gasteiger partial charge in [-0.25, -0.2) is 9.38 Å². The molecule has 1 atom stereocenters. The smallest absolute Gasteiger partial charge is 0.271 e. The van der Waals surface area contributed by atoms with Crippen molar-refractivity contribution in [2.45, 2.75) is 13.0 Å². The molecule has 0 fully saturated rings. The Hall–Kier alpha value is -4.71. The number of nitro groups is 1. The van der Waals surface area contributed by atoms with E-state index < -0.39 is 16.8 Å². The lowest BCUT2D eigenvalue weighted by molar-refractivity contribution is -0.384. The van der Waals surface area contributed by atoms with E-state index in [1.165, 1.54) is 43.1 Å². The molecule has 45 heavy (non-hydrogen) atoms. The second-order valence-electron chi connectivity index (χ2n) is 10.00. The standard InChI is InChI=1S/C32H22Cl2FN3O6S/c1-16-10-18(38(40)41)5-7-20(16)27-9-6-19(44-27)12-30-31(39)37-26(17-4-8-28(42-2)29(11-17)43-3)15-25(36-32(37)45-30)21-13-24(35)23(34)14-22(21)33/h4-15,26H,1-3H3/b30-12-. The minimum atomic E-state index is -0.664. The fraction of sp³-hybridized carbons (Fsp3) is 0.125. The zero-order valence-electron chi connectivity index (χ0n) is 23.8. The normalized spacial score (nSPS) is 14.5. The summed E-state index contributed by atoms with van der Waals surface area (Å²) in [6, 6.07) is 15.1. The topological polar surface area (TPSA) is 109 Å². The molecule has 0 saturated heterocycles. The molecule has 1 aliphatic heterocycles. The zero-order chi connectivity index (χ0) is 32.0. The number of benzene rings is 3. The predicted molar refractivity (Wildman–Crippen MR) is 171 cm³/mol. The first-order chi connectivity index (χ1) is 21.6. The molecule has 9 nitrogen and oxygen atoms in total. The van der Waals surface area contributed by atoms with Crippen LogP contribution in [0.1, 0.15) is 28.5 Å². The lowest BCUT2D eigenvalue weighted by Crippen LogP contribution is -2.36. The lowest BCUT2D eigenvalue weighted by atomic mass is 10.0. The Morgan fingerprint density at radius 1 is 1.02 bits per heavy atom. The second kappa shape index (κ2) is 12.0. The maximum Gasteiger partial charge on any atom is 0.271 e. The van der Waals surface area contributed by atoms with Gasteiger partial charge in [-0.05, 0) is 66.6 Å². The molecule has 1 unspecified atom stereocenters. The molecule has 0 saturated carbocycles. The Labute approximate surface area is 268 Å². The number of aromatic nitrogens is 1. The van der Waals surface area contributed by atoms with E-state index in [1.807, 2.05) is 0 Å². The Balaban J connectivity index is 1.49. The van der Waals surface area contributed by atoms with Gasteiger partial charge in [-0.3, -0.25) is 19.5 Å². The summed E-state index contributed by atoms with van der Waals surface area (Å²) in [6.07, 6.45) is 3.33. The SMILES string of the molecule is COc1ccc(C2C=C(c3cc(F)c(Cl)cc3Cl)N=c3s/c(=C\c4ccc(-c5ccc([N+](=O)[O-])cc5C)o4)c(=O)n32)cc1OC. The number of halogens is 3. The molecule has 6 rings (SSSR count). The number of thiazole rings is 1. The minimum absolute atomic E-state index is 0.0184. The fourth-order valence-electron chi connectivity index (χ4n) is 5.07. The highest BCUT2D eigenvalue weighted by Gasteiger charge is 2.25. The summed E-state index contributed by atoms with van der Waals surface area (Å²) in [5.74, 6) is 1.21. The molecule has 0 bridgehead atoms. The predicted octanol–water partition coefficient (Wildman–Crippen LogP) is 6.94. The number of ether oxygens (including phenoxy) is 2. The van der Waals surface area contributed by atoms with Crippen molar-refractivity contribution in [3.63, 3.8) is 0 Å². The van der Waals surface area contributed by atoms with Gasteiger partial charge in [0.1, 0.15) is 17.3 Å². The number of fused-ring (bicyclic) bond motifs is 1. The first-order valence-electron chi connectivity index (χ1n) is 13.3. The summed E-state index contributed by atoms with van der Waals surface area (Å²) >= 11 is 13.5. The number of methoxy groups -OCH3 is 2. The minimum Gasteiger partial charge on any atom is -0.493 e. The van der Waals surface area contributed by atoms with E-state index in [2.05, 4.69) is 0 Å². The van der Waals surface area contributed by atoms with Crippen molar-refractivity contribution >= 4 is 52.0 Å². The van der Waals surface area contributed by atoms with Gasteiger partial charge in [0, 0.05) is 29.3 Å². The van der Waals surface area contributed by atoms with E-state index in [9.17, 15) is 19.3 Å². The molecule has 2 aromatic heterocycles. The molecule has 0 radical (unpaired) electrons. The number of hydrogen-bond donors (Lipinski definition) is 0. The molecular weight excluding hydrogens is 644 g/mol. The van der Waals surface area contributed by atoms with Crippen molar-refractivity contribution < 1.29 is 23.2 Å². The van der Waals surface area contributed by atoms with Gasteiger partial charge in [0.2, 0.25) is 0 Å². The maximum atomic E-state index is 14.5. The summed E-state index contributed by atoms with van der Waals surface area (Å²) in [7, 11) is 3.04. The summed E-state index contributed by atoms with van der Waals surface area (Å²) in [6.45, 7) is 1.76. The van der Waals surface area contributed by atoms with Crippen molar-refractivity contribution in [2.24, 2.45) is 4.99 Å². The van der Waals surface area contributed by atoms with Crippen molar-refractivity contribution in [3.8, 4) is 22.8 Å². The van der Waals surface area contributed by atoms with Crippen LogP contribution in [0.4, 0.5) is 10.1 Å². The van der Waals surface area contributed by atoms with Crippen LogP contribution in [0.3, 0.4) is 0 Å². The molecule has 0 amide bonds. The zero-order valence-corrected chi connectivity index (χ0v) is 26.2. The molecule has 0 aliphatic carbocycles. The van der Waals surface area contributed by atoms with Crippen molar-refractivity contribution in [2.75, 3.05) is 14.2 Å². The average molecular weight is 667 g/mol.